The maximum atomic E-state index is 5.92. The van der Waals surface area contributed by atoms with Crippen molar-refractivity contribution < 1.29 is 4.52 Å². The topological polar surface area (TPSA) is 62.5 Å². The molecule has 2 N–H and O–H groups in total. The van der Waals surface area contributed by atoms with Crippen LogP contribution in [0.15, 0.2) is 33.8 Å². The molecule has 0 fully saturated rings. The summed E-state index contributed by atoms with van der Waals surface area (Å²) in [5.74, 6) is 1.74. The molecule has 26 heavy (non-hydrogen) atoms. The van der Waals surface area contributed by atoms with Crippen molar-refractivity contribution in [2.45, 2.75) is 46.6 Å². The quantitative estimate of drug-likeness (QED) is 0.328. The zero-order valence-electron chi connectivity index (χ0n) is 15.6. The smallest absolute Gasteiger partial charge is 0.191 e. The van der Waals surface area contributed by atoms with E-state index in [9.17, 15) is 0 Å². The van der Waals surface area contributed by atoms with E-state index in [2.05, 4.69) is 36.6 Å². The standard InChI is InChI=1S/C19H27ClN4O.HI/c1-4-17-16(18(5-2)25-24-17)13-23-19(21-6-3)22-12-11-14-7-9-15(20)10-8-14;/h7-10H,4-6,11-13H2,1-3H3,(H2,21,22,23);1H. The normalized spacial score (nSPS) is 11.2. The number of benzene rings is 1. The molecule has 2 rings (SSSR count). The number of aromatic nitrogens is 1. The first-order valence-corrected chi connectivity index (χ1v) is 9.28. The van der Waals surface area contributed by atoms with Crippen LogP contribution in [-0.2, 0) is 25.8 Å². The Bertz CT molecular complexity index is 664. The minimum atomic E-state index is 0. The summed E-state index contributed by atoms with van der Waals surface area (Å²) in [5.41, 5.74) is 3.35. The molecule has 0 spiro atoms. The highest BCUT2D eigenvalue weighted by Crippen LogP contribution is 2.16. The van der Waals surface area contributed by atoms with E-state index < -0.39 is 0 Å². The Labute approximate surface area is 178 Å². The number of hydrogen-bond acceptors (Lipinski definition) is 3. The summed E-state index contributed by atoms with van der Waals surface area (Å²) in [5, 5.41) is 11.6. The van der Waals surface area contributed by atoms with Gasteiger partial charge < -0.3 is 15.2 Å². The molecule has 0 bridgehead atoms. The van der Waals surface area contributed by atoms with Crippen molar-refractivity contribution in [1.82, 2.24) is 15.8 Å². The lowest BCUT2D eigenvalue weighted by Gasteiger charge is -2.11. The molecular formula is C19H28ClIN4O. The van der Waals surface area contributed by atoms with Gasteiger partial charge in [0.1, 0.15) is 5.76 Å². The Kier molecular flexibility index (Phi) is 10.7. The van der Waals surface area contributed by atoms with E-state index in [0.717, 1.165) is 60.4 Å². The number of nitrogens with zero attached hydrogens (tertiary/aromatic N) is 2. The van der Waals surface area contributed by atoms with E-state index in [1.165, 1.54) is 5.56 Å². The Balaban J connectivity index is 0.00000338. The summed E-state index contributed by atoms with van der Waals surface area (Å²) in [6, 6.07) is 7.93. The minimum absolute atomic E-state index is 0. The van der Waals surface area contributed by atoms with Gasteiger partial charge in [-0.2, -0.15) is 0 Å². The average Bonchev–Trinajstić information content (AvgIpc) is 3.03. The summed E-state index contributed by atoms with van der Waals surface area (Å²) in [6.07, 6.45) is 2.60. The van der Waals surface area contributed by atoms with Gasteiger partial charge >= 0.3 is 0 Å². The second kappa shape index (κ2) is 12.2. The number of rotatable bonds is 8. The maximum Gasteiger partial charge on any atom is 0.191 e. The first-order chi connectivity index (χ1) is 12.2. The lowest BCUT2D eigenvalue weighted by Crippen LogP contribution is -2.38. The molecule has 2 aromatic rings. The number of hydrogen-bond donors (Lipinski definition) is 2. The molecule has 0 saturated heterocycles. The van der Waals surface area contributed by atoms with Gasteiger partial charge in [0, 0.05) is 30.1 Å². The Hall–Kier alpha value is -1.28. The summed E-state index contributed by atoms with van der Waals surface area (Å²) in [6.45, 7) is 8.41. The van der Waals surface area contributed by atoms with E-state index in [0.29, 0.717) is 6.54 Å². The third-order valence-corrected chi connectivity index (χ3v) is 4.22. The summed E-state index contributed by atoms with van der Waals surface area (Å²) >= 11 is 5.92. The predicted octanol–water partition coefficient (Wildman–Crippen LogP) is 4.37. The van der Waals surface area contributed by atoms with Crippen molar-refractivity contribution in [3.8, 4) is 0 Å². The van der Waals surface area contributed by atoms with Gasteiger partial charge in [0.05, 0.1) is 12.2 Å². The second-order valence-corrected chi connectivity index (χ2v) is 6.17. The van der Waals surface area contributed by atoms with Crippen LogP contribution in [0.25, 0.3) is 0 Å². The van der Waals surface area contributed by atoms with Gasteiger partial charge in [-0.25, -0.2) is 4.99 Å². The highest BCUT2D eigenvalue weighted by molar-refractivity contribution is 14.0. The predicted molar refractivity (Wildman–Crippen MR) is 119 cm³/mol. The molecule has 5 nitrogen and oxygen atoms in total. The Morgan fingerprint density at radius 3 is 2.46 bits per heavy atom. The van der Waals surface area contributed by atoms with Crippen molar-refractivity contribution in [3.63, 3.8) is 0 Å². The van der Waals surface area contributed by atoms with Crippen molar-refractivity contribution in [1.29, 1.82) is 0 Å². The number of aryl methyl sites for hydroxylation is 2. The number of aliphatic imine (C=N–C) groups is 1. The lowest BCUT2D eigenvalue weighted by molar-refractivity contribution is 0.380. The maximum absolute atomic E-state index is 5.92. The summed E-state index contributed by atoms with van der Waals surface area (Å²) < 4.78 is 5.41. The molecule has 0 saturated carbocycles. The molecule has 1 aromatic carbocycles. The third kappa shape index (κ3) is 6.79. The highest BCUT2D eigenvalue weighted by Gasteiger charge is 2.13. The number of guanidine groups is 1. The van der Waals surface area contributed by atoms with Crippen molar-refractivity contribution in [3.05, 3.63) is 51.9 Å². The summed E-state index contributed by atoms with van der Waals surface area (Å²) in [7, 11) is 0. The largest absolute Gasteiger partial charge is 0.361 e. The Morgan fingerprint density at radius 1 is 1.12 bits per heavy atom. The van der Waals surface area contributed by atoms with Crippen LogP contribution in [0.2, 0.25) is 5.02 Å². The molecule has 1 heterocycles. The van der Waals surface area contributed by atoms with E-state index >= 15 is 0 Å². The number of nitrogens with one attached hydrogen (secondary N) is 2. The minimum Gasteiger partial charge on any atom is -0.361 e. The zero-order valence-corrected chi connectivity index (χ0v) is 18.7. The fraction of sp³-hybridized carbons (Fsp3) is 0.474. The Morgan fingerprint density at radius 2 is 1.85 bits per heavy atom. The van der Waals surface area contributed by atoms with Gasteiger partial charge in [-0.15, -0.1) is 24.0 Å². The van der Waals surface area contributed by atoms with Gasteiger partial charge in [-0.1, -0.05) is 42.7 Å². The average molecular weight is 491 g/mol. The molecule has 0 amide bonds. The van der Waals surface area contributed by atoms with E-state index in [-0.39, 0.29) is 24.0 Å². The fourth-order valence-electron chi connectivity index (χ4n) is 2.59. The summed E-state index contributed by atoms with van der Waals surface area (Å²) in [4.78, 5) is 4.69. The van der Waals surface area contributed by atoms with Crippen LogP contribution in [0.3, 0.4) is 0 Å². The van der Waals surface area contributed by atoms with E-state index in [1.54, 1.807) is 0 Å². The molecule has 0 radical (unpaired) electrons. The molecule has 0 atom stereocenters. The van der Waals surface area contributed by atoms with Crippen molar-refractivity contribution in [2.75, 3.05) is 13.1 Å². The van der Waals surface area contributed by atoms with Crippen LogP contribution in [0.1, 0.15) is 43.4 Å². The molecular weight excluding hydrogens is 463 g/mol. The van der Waals surface area contributed by atoms with E-state index in [1.807, 2.05) is 24.3 Å². The first kappa shape index (κ1) is 22.8. The molecule has 0 aliphatic heterocycles. The highest BCUT2D eigenvalue weighted by atomic mass is 127. The van der Waals surface area contributed by atoms with Crippen LogP contribution in [0.5, 0.6) is 0 Å². The fourth-order valence-corrected chi connectivity index (χ4v) is 2.72. The second-order valence-electron chi connectivity index (χ2n) is 5.74. The van der Waals surface area contributed by atoms with Crippen molar-refractivity contribution in [2.24, 2.45) is 4.99 Å². The van der Waals surface area contributed by atoms with Crippen LogP contribution >= 0.6 is 35.6 Å². The van der Waals surface area contributed by atoms with Gasteiger partial charge in [-0.3, -0.25) is 0 Å². The molecule has 0 aliphatic carbocycles. The van der Waals surface area contributed by atoms with Gasteiger partial charge in [0.2, 0.25) is 0 Å². The van der Waals surface area contributed by atoms with Crippen LogP contribution in [0, 0.1) is 0 Å². The molecule has 144 valence electrons. The first-order valence-electron chi connectivity index (χ1n) is 8.90. The third-order valence-electron chi connectivity index (χ3n) is 3.97. The van der Waals surface area contributed by atoms with Gasteiger partial charge in [0.15, 0.2) is 5.96 Å². The van der Waals surface area contributed by atoms with Crippen LogP contribution in [-0.4, -0.2) is 24.2 Å². The van der Waals surface area contributed by atoms with E-state index in [4.69, 9.17) is 21.1 Å². The lowest BCUT2D eigenvalue weighted by atomic mass is 10.1. The molecule has 7 heteroatoms. The van der Waals surface area contributed by atoms with Crippen LogP contribution < -0.4 is 10.6 Å². The van der Waals surface area contributed by atoms with Crippen molar-refractivity contribution >= 4 is 41.5 Å². The zero-order chi connectivity index (χ0) is 18.1. The SMILES string of the molecule is CCNC(=NCc1c(CC)noc1CC)NCCc1ccc(Cl)cc1.I. The molecule has 0 unspecified atom stereocenters. The van der Waals surface area contributed by atoms with Crippen LogP contribution in [0.4, 0.5) is 0 Å². The molecule has 0 aliphatic rings. The van der Waals surface area contributed by atoms with Gasteiger partial charge in [-0.05, 0) is 37.5 Å². The molecule has 1 aromatic heterocycles. The monoisotopic (exact) mass is 490 g/mol. The number of halogens is 2. The van der Waals surface area contributed by atoms with Gasteiger partial charge in [0.25, 0.3) is 0 Å².